The van der Waals surface area contributed by atoms with Crippen molar-refractivity contribution in [2.45, 2.75) is 26.2 Å². The third-order valence-corrected chi connectivity index (χ3v) is 2.33. The smallest absolute Gasteiger partial charge is 0.133 e. The average Bonchev–Trinajstić information content (AvgIpc) is 2.29. The third-order valence-electron chi connectivity index (χ3n) is 2.33. The van der Waals surface area contributed by atoms with Crippen LogP contribution in [-0.2, 0) is 5.41 Å². The lowest BCUT2D eigenvalue weighted by atomic mass is 9.95. The Labute approximate surface area is 95.5 Å². The second-order valence-electron chi connectivity index (χ2n) is 4.82. The molecule has 1 aromatic rings. The van der Waals surface area contributed by atoms with Gasteiger partial charge in [-0.3, -0.25) is 4.99 Å². The first kappa shape index (κ1) is 10.8. The van der Waals surface area contributed by atoms with Crippen LogP contribution < -0.4 is 5.32 Å². The van der Waals surface area contributed by atoms with Gasteiger partial charge in [-0.2, -0.15) is 0 Å². The van der Waals surface area contributed by atoms with Gasteiger partial charge in [0.25, 0.3) is 0 Å². The quantitative estimate of drug-likeness (QED) is 0.778. The van der Waals surface area contributed by atoms with Gasteiger partial charge in [-0.15, -0.1) is 0 Å². The van der Waals surface area contributed by atoms with Crippen molar-refractivity contribution in [3.8, 4) is 0 Å². The van der Waals surface area contributed by atoms with Gasteiger partial charge in [0.2, 0.25) is 0 Å². The topological polar surface area (TPSA) is 50.2 Å². The van der Waals surface area contributed by atoms with Gasteiger partial charge in [-0.1, -0.05) is 20.8 Å². The molecule has 1 N–H and O–H groups in total. The van der Waals surface area contributed by atoms with E-state index in [4.69, 9.17) is 0 Å². The Hall–Kier alpha value is -1.71. The molecule has 1 aromatic heterocycles. The zero-order valence-electron chi connectivity index (χ0n) is 9.86. The second kappa shape index (κ2) is 4.04. The van der Waals surface area contributed by atoms with Crippen LogP contribution in [0.5, 0.6) is 0 Å². The van der Waals surface area contributed by atoms with Crippen LogP contribution in [0.4, 0.5) is 0 Å². The number of aromatic nitrogens is 2. The highest BCUT2D eigenvalue weighted by Crippen LogP contribution is 2.19. The number of nitrogens with one attached hydrogen (secondary N) is 1. The highest BCUT2D eigenvalue weighted by molar-refractivity contribution is 6.09. The molecule has 0 aliphatic carbocycles. The molecule has 1 aliphatic heterocycles. The van der Waals surface area contributed by atoms with Crippen molar-refractivity contribution in [3.05, 3.63) is 30.0 Å². The van der Waals surface area contributed by atoms with Crippen LogP contribution in [-0.4, -0.2) is 22.9 Å². The van der Waals surface area contributed by atoms with Crippen molar-refractivity contribution in [3.63, 3.8) is 0 Å². The van der Waals surface area contributed by atoms with Crippen molar-refractivity contribution in [1.82, 2.24) is 15.3 Å². The lowest BCUT2D eigenvalue weighted by Gasteiger charge is -2.16. The number of hydrogen-bond donors (Lipinski definition) is 1. The van der Waals surface area contributed by atoms with Crippen molar-refractivity contribution < 1.29 is 0 Å². The van der Waals surface area contributed by atoms with E-state index in [9.17, 15) is 0 Å². The lowest BCUT2D eigenvalue weighted by molar-refractivity contribution is 0.545. The summed E-state index contributed by atoms with van der Waals surface area (Å²) in [6.45, 7) is 6.95. The zero-order valence-corrected chi connectivity index (χ0v) is 9.86. The maximum Gasteiger partial charge on any atom is 0.133 e. The highest BCUT2D eigenvalue weighted by atomic mass is 15.0. The molecule has 0 saturated carbocycles. The van der Waals surface area contributed by atoms with E-state index in [2.05, 4.69) is 41.0 Å². The van der Waals surface area contributed by atoms with E-state index in [1.54, 1.807) is 0 Å². The molecule has 2 heterocycles. The van der Waals surface area contributed by atoms with Gasteiger partial charge in [0.1, 0.15) is 12.5 Å². The Morgan fingerprint density at radius 1 is 1.19 bits per heavy atom. The molecular formula is C12H16N4. The fraction of sp³-hybridized carbons (Fsp3) is 0.417. The number of rotatable bonds is 1. The number of allylic oxidation sites excluding steroid dienone is 1. The van der Waals surface area contributed by atoms with E-state index in [-0.39, 0.29) is 5.41 Å². The molecule has 4 nitrogen and oxygen atoms in total. The molecule has 0 amide bonds. The molecule has 0 aromatic carbocycles. The van der Waals surface area contributed by atoms with Crippen LogP contribution in [0.25, 0.3) is 5.57 Å². The summed E-state index contributed by atoms with van der Waals surface area (Å²) in [6, 6.07) is 0. The van der Waals surface area contributed by atoms with Crippen molar-refractivity contribution in [2.75, 3.05) is 6.67 Å². The second-order valence-corrected chi connectivity index (χ2v) is 4.82. The monoisotopic (exact) mass is 216 g/mol. The van der Waals surface area contributed by atoms with E-state index >= 15 is 0 Å². The minimum Gasteiger partial charge on any atom is -0.372 e. The first-order chi connectivity index (χ1) is 7.57. The molecule has 0 spiro atoms. The van der Waals surface area contributed by atoms with Crippen molar-refractivity contribution >= 4 is 11.8 Å². The molecule has 0 bridgehead atoms. The molecule has 0 atom stereocenters. The Bertz CT molecular complexity index is 423. The Morgan fingerprint density at radius 3 is 2.38 bits per heavy atom. The van der Waals surface area contributed by atoms with Crippen molar-refractivity contribution in [2.24, 2.45) is 4.99 Å². The van der Waals surface area contributed by atoms with Crippen LogP contribution >= 0.6 is 0 Å². The SMILES string of the molecule is CC(C)(C)c1ncc(C2=CNCN=C2)cn1. The molecular weight excluding hydrogens is 200 g/mol. The van der Waals surface area contributed by atoms with Gasteiger partial charge in [-0.25, -0.2) is 9.97 Å². The summed E-state index contributed by atoms with van der Waals surface area (Å²) >= 11 is 0. The van der Waals surface area contributed by atoms with Gasteiger partial charge < -0.3 is 5.32 Å². The van der Waals surface area contributed by atoms with Crippen LogP contribution in [0.15, 0.2) is 23.6 Å². The predicted molar refractivity (Wildman–Crippen MR) is 65.2 cm³/mol. The molecule has 0 radical (unpaired) electrons. The summed E-state index contributed by atoms with van der Waals surface area (Å²) < 4.78 is 0. The normalized spacial score (nSPS) is 15.6. The maximum atomic E-state index is 4.38. The lowest BCUT2D eigenvalue weighted by Crippen LogP contribution is -2.16. The standard InChI is InChI=1S/C12H16N4/c1-12(2,3)11-15-6-10(7-16-11)9-4-13-8-14-5-9/h4-7,13H,8H2,1-3H3. The Morgan fingerprint density at radius 2 is 1.88 bits per heavy atom. The highest BCUT2D eigenvalue weighted by Gasteiger charge is 2.16. The largest absolute Gasteiger partial charge is 0.372 e. The molecule has 0 fully saturated rings. The minimum atomic E-state index is -0.00812. The molecule has 84 valence electrons. The fourth-order valence-corrected chi connectivity index (χ4v) is 1.41. The minimum absolute atomic E-state index is 0.00812. The summed E-state index contributed by atoms with van der Waals surface area (Å²) in [5.41, 5.74) is 2.00. The average molecular weight is 216 g/mol. The van der Waals surface area contributed by atoms with Crippen LogP contribution in [0.2, 0.25) is 0 Å². The predicted octanol–water partition coefficient (Wildman–Crippen LogP) is 1.75. The summed E-state index contributed by atoms with van der Waals surface area (Å²) in [5.74, 6) is 0.859. The Balaban J connectivity index is 2.26. The van der Waals surface area contributed by atoms with E-state index in [1.807, 2.05) is 24.8 Å². The fourth-order valence-electron chi connectivity index (χ4n) is 1.41. The molecule has 1 aliphatic rings. The zero-order chi connectivity index (χ0) is 11.6. The molecule has 0 saturated heterocycles. The summed E-state index contributed by atoms with van der Waals surface area (Å²) in [6.07, 6.45) is 7.46. The maximum absolute atomic E-state index is 4.38. The number of hydrogen-bond acceptors (Lipinski definition) is 4. The van der Waals surface area contributed by atoms with E-state index < -0.39 is 0 Å². The van der Waals surface area contributed by atoms with Crippen LogP contribution in [0, 0.1) is 0 Å². The van der Waals surface area contributed by atoms with Gasteiger partial charge in [0, 0.05) is 41.4 Å². The molecule has 0 unspecified atom stereocenters. The van der Waals surface area contributed by atoms with Crippen LogP contribution in [0.1, 0.15) is 32.2 Å². The third kappa shape index (κ3) is 2.27. The molecule has 16 heavy (non-hydrogen) atoms. The van der Waals surface area contributed by atoms with E-state index in [0.29, 0.717) is 6.67 Å². The molecule has 4 heteroatoms. The van der Waals surface area contributed by atoms with E-state index in [1.165, 1.54) is 0 Å². The van der Waals surface area contributed by atoms with E-state index in [0.717, 1.165) is 17.0 Å². The number of nitrogens with zero attached hydrogens (tertiary/aromatic N) is 3. The van der Waals surface area contributed by atoms with Crippen LogP contribution in [0.3, 0.4) is 0 Å². The van der Waals surface area contributed by atoms with Gasteiger partial charge in [-0.05, 0) is 0 Å². The van der Waals surface area contributed by atoms with Gasteiger partial charge >= 0.3 is 0 Å². The first-order valence-electron chi connectivity index (χ1n) is 5.33. The van der Waals surface area contributed by atoms with Gasteiger partial charge in [0.15, 0.2) is 0 Å². The molecule has 2 rings (SSSR count). The Kier molecular flexibility index (Phi) is 2.73. The summed E-state index contributed by atoms with van der Waals surface area (Å²) in [7, 11) is 0. The summed E-state index contributed by atoms with van der Waals surface area (Å²) in [5, 5.41) is 3.06. The first-order valence-corrected chi connectivity index (χ1v) is 5.33. The van der Waals surface area contributed by atoms with Gasteiger partial charge in [0.05, 0.1) is 0 Å². The summed E-state index contributed by atoms with van der Waals surface area (Å²) in [4.78, 5) is 12.9. The number of aliphatic imine (C=N–C) groups is 1. The van der Waals surface area contributed by atoms with Crippen molar-refractivity contribution in [1.29, 1.82) is 0 Å².